The molecule has 2 aliphatic heterocycles. The van der Waals surface area contributed by atoms with Crippen molar-refractivity contribution in [3.8, 4) is 22.5 Å². The summed E-state index contributed by atoms with van der Waals surface area (Å²) in [6, 6.07) is 32.0. The Morgan fingerprint density at radius 1 is 0.816 bits per heavy atom. The molecule has 3 heteroatoms. The molecule has 3 atom stereocenters. The van der Waals surface area contributed by atoms with Gasteiger partial charge in [-0.15, -0.1) is 0 Å². The maximum absolute atomic E-state index is 6.67. The second kappa shape index (κ2) is 6.79. The number of fused-ring (bicyclic) bond motifs is 17. The van der Waals surface area contributed by atoms with Crippen molar-refractivity contribution in [1.82, 2.24) is 0 Å². The van der Waals surface area contributed by atoms with Gasteiger partial charge in [0.05, 0.1) is 11.1 Å². The average molecular weight is 493 g/mol. The molecular weight excluding hydrogens is 464 g/mol. The molecule has 3 aromatic heterocycles. The molecule has 3 aliphatic rings. The highest BCUT2D eigenvalue weighted by molar-refractivity contribution is 6.10. The van der Waals surface area contributed by atoms with Gasteiger partial charge in [-0.25, -0.2) is 0 Å². The van der Waals surface area contributed by atoms with Gasteiger partial charge in [-0.1, -0.05) is 50.2 Å². The summed E-state index contributed by atoms with van der Waals surface area (Å²) in [5.41, 5.74) is 12.5. The first-order valence-electron chi connectivity index (χ1n) is 13.7. The molecule has 6 aromatic rings. The van der Waals surface area contributed by atoms with Crippen molar-refractivity contribution < 1.29 is 13.6 Å². The van der Waals surface area contributed by atoms with E-state index in [0.29, 0.717) is 17.9 Å². The third kappa shape index (κ3) is 2.28. The highest BCUT2D eigenvalue weighted by Gasteiger charge is 2.86. The van der Waals surface area contributed by atoms with Crippen molar-refractivity contribution in [2.45, 2.75) is 44.2 Å². The Balaban J connectivity index is 1.38. The first kappa shape index (κ1) is 20.8. The van der Waals surface area contributed by atoms with Gasteiger partial charge < -0.3 is 4.42 Å². The van der Waals surface area contributed by atoms with Crippen LogP contribution in [0.2, 0.25) is 0 Å². The molecule has 9 rings (SSSR count). The van der Waals surface area contributed by atoms with Gasteiger partial charge in [0, 0.05) is 40.6 Å². The zero-order chi connectivity index (χ0) is 25.3. The van der Waals surface area contributed by atoms with Crippen LogP contribution in [0, 0.1) is 6.92 Å². The van der Waals surface area contributed by atoms with Crippen LogP contribution < -0.4 is 9.13 Å². The number of hydrogen-bond donors (Lipinski definition) is 0. The van der Waals surface area contributed by atoms with Crippen LogP contribution in [0.15, 0.2) is 102 Å². The number of benzene rings is 3. The summed E-state index contributed by atoms with van der Waals surface area (Å²) >= 11 is 0. The molecular formula is C35H28N2O+2. The fourth-order valence-corrected chi connectivity index (χ4v) is 7.75. The van der Waals surface area contributed by atoms with Crippen molar-refractivity contribution in [3.05, 3.63) is 120 Å². The van der Waals surface area contributed by atoms with Crippen molar-refractivity contribution >= 4 is 21.9 Å². The predicted molar refractivity (Wildman–Crippen MR) is 149 cm³/mol. The van der Waals surface area contributed by atoms with Crippen LogP contribution >= 0.6 is 0 Å². The zero-order valence-corrected chi connectivity index (χ0v) is 21.8. The average Bonchev–Trinajstić information content (AvgIpc) is 3.38. The highest BCUT2D eigenvalue weighted by Crippen LogP contribution is 2.70. The lowest BCUT2D eigenvalue weighted by Crippen LogP contribution is -2.50. The number of pyridine rings is 2. The van der Waals surface area contributed by atoms with E-state index in [0.717, 1.165) is 11.2 Å². The maximum atomic E-state index is 6.67. The van der Waals surface area contributed by atoms with Crippen molar-refractivity contribution in [3.63, 3.8) is 0 Å². The number of nitrogens with zero attached hydrogens (tertiary/aromatic N) is 2. The molecule has 1 fully saturated rings. The van der Waals surface area contributed by atoms with E-state index in [1.807, 2.05) is 0 Å². The molecule has 0 saturated heterocycles. The zero-order valence-electron chi connectivity index (χ0n) is 21.8. The van der Waals surface area contributed by atoms with Crippen LogP contribution in [-0.4, -0.2) is 0 Å². The minimum absolute atomic E-state index is 0.149. The normalized spacial score (nSPS) is 21.9. The maximum Gasteiger partial charge on any atom is 0.269 e. The summed E-state index contributed by atoms with van der Waals surface area (Å²) in [6.45, 7) is 6.69. The quantitative estimate of drug-likeness (QED) is 0.220. The summed E-state index contributed by atoms with van der Waals surface area (Å²) < 4.78 is 11.8. The Kier molecular flexibility index (Phi) is 3.71. The van der Waals surface area contributed by atoms with Crippen LogP contribution in [0.25, 0.3) is 44.5 Å². The van der Waals surface area contributed by atoms with Gasteiger partial charge in [0.1, 0.15) is 17.1 Å². The number of aryl methyl sites for hydroxylation is 1. The van der Waals surface area contributed by atoms with E-state index < -0.39 is 0 Å². The monoisotopic (exact) mass is 492 g/mol. The van der Waals surface area contributed by atoms with E-state index >= 15 is 0 Å². The Morgan fingerprint density at radius 2 is 1.63 bits per heavy atom. The van der Waals surface area contributed by atoms with Crippen molar-refractivity contribution in [1.29, 1.82) is 0 Å². The standard InChI is InChI=1S/C35H28N2O/c1-20(2)22-11-15-27-26(19-22)28-8-5-7-17-37(28)35(27)32-25-14-13-24-23-12-10-21(3)18-30(23)38-33(24)31(25)29-9-4-6-16-36(29)34(32)35/h4-20,32,34H,1-3H3/q+2. The lowest BCUT2D eigenvalue weighted by atomic mass is 9.90. The van der Waals surface area contributed by atoms with E-state index in [4.69, 9.17) is 4.42 Å². The van der Waals surface area contributed by atoms with Crippen LogP contribution in [0.1, 0.15) is 54.0 Å². The van der Waals surface area contributed by atoms with Crippen LogP contribution in [0.3, 0.4) is 0 Å². The fourth-order valence-electron chi connectivity index (χ4n) is 7.75. The van der Waals surface area contributed by atoms with Crippen LogP contribution in [0.4, 0.5) is 0 Å². The largest absolute Gasteiger partial charge is 0.455 e. The predicted octanol–water partition coefficient (Wildman–Crippen LogP) is 7.34. The molecule has 0 N–H and O–H groups in total. The van der Waals surface area contributed by atoms with Gasteiger partial charge in [0.15, 0.2) is 12.4 Å². The minimum Gasteiger partial charge on any atom is -0.455 e. The second-order valence-corrected chi connectivity index (χ2v) is 11.7. The summed E-state index contributed by atoms with van der Waals surface area (Å²) in [5, 5.41) is 2.39. The van der Waals surface area contributed by atoms with Gasteiger partial charge >= 0.3 is 0 Å². The van der Waals surface area contributed by atoms with Gasteiger partial charge in [0.25, 0.3) is 5.54 Å². The smallest absolute Gasteiger partial charge is 0.269 e. The topological polar surface area (TPSA) is 20.9 Å². The van der Waals surface area contributed by atoms with E-state index in [-0.39, 0.29) is 5.54 Å². The summed E-state index contributed by atoms with van der Waals surface area (Å²) in [7, 11) is 0. The number of hydrogen-bond acceptors (Lipinski definition) is 1. The third-order valence-corrected chi connectivity index (χ3v) is 9.42. The van der Waals surface area contributed by atoms with Crippen molar-refractivity contribution in [2.75, 3.05) is 0 Å². The molecule has 3 unspecified atom stereocenters. The summed E-state index contributed by atoms with van der Waals surface area (Å²) in [6.07, 6.45) is 4.58. The van der Waals surface area contributed by atoms with E-state index in [1.54, 1.807) is 0 Å². The Labute approximate surface area is 221 Å². The first-order chi connectivity index (χ1) is 18.6. The summed E-state index contributed by atoms with van der Waals surface area (Å²) in [4.78, 5) is 0. The highest BCUT2D eigenvalue weighted by atomic mass is 16.3. The van der Waals surface area contributed by atoms with Gasteiger partial charge in [-0.2, -0.15) is 9.13 Å². The molecule has 0 bridgehead atoms. The molecule has 1 aliphatic carbocycles. The van der Waals surface area contributed by atoms with Crippen LogP contribution in [0.5, 0.6) is 0 Å². The van der Waals surface area contributed by atoms with Gasteiger partial charge in [-0.3, -0.25) is 0 Å². The summed E-state index contributed by atoms with van der Waals surface area (Å²) in [5.74, 6) is 0.824. The number of rotatable bonds is 1. The Hall–Kier alpha value is -4.24. The fraction of sp³-hybridized carbons (Fsp3) is 0.200. The molecule has 1 saturated carbocycles. The van der Waals surface area contributed by atoms with Crippen LogP contribution in [-0.2, 0) is 5.54 Å². The minimum atomic E-state index is -0.149. The molecule has 0 amide bonds. The lowest BCUT2D eigenvalue weighted by Gasteiger charge is -2.12. The Bertz CT molecular complexity index is 2000. The lowest BCUT2D eigenvalue weighted by molar-refractivity contribution is -0.772. The third-order valence-electron chi connectivity index (χ3n) is 9.42. The molecule has 5 heterocycles. The SMILES string of the molecule is Cc1ccc2c(c1)oc1c3c(ccc12)C1C([n+]2ccccc2-3)C12c1ccc(C(C)C)cc1-c1cccc[n+]12. The first-order valence-corrected chi connectivity index (χ1v) is 13.7. The second-order valence-electron chi connectivity index (χ2n) is 11.7. The number of aromatic nitrogens is 2. The molecule has 1 spiro atoms. The Morgan fingerprint density at radius 3 is 2.50 bits per heavy atom. The van der Waals surface area contributed by atoms with Crippen molar-refractivity contribution in [2.24, 2.45) is 0 Å². The van der Waals surface area contributed by atoms with Gasteiger partial charge in [-0.05, 0) is 53.8 Å². The molecule has 3 aromatic carbocycles. The molecule has 38 heavy (non-hydrogen) atoms. The molecule has 3 nitrogen and oxygen atoms in total. The number of furan rings is 1. The van der Waals surface area contributed by atoms with E-state index in [1.165, 1.54) is 55.5 Å². The molecule has 182 valence electrons. The van der Waals surface area contributed by atoms with E-state index in [2.05, 4.69) is 127 Å². The van der Waals surface area contributed by atoms with E-state index in [9.17, 15) is 0 Å². The molecule has 0 radical (unpaired) electrons. The van der Waals surface area contributed by atoms with Gasteiger partial charge in [0.2, 0.25) is 17.4 Å².